The Morgan fingerprint density at radius 2 is 1.53 bits per heavy atom. The number of fused-ring (bicyclic) bond motifs is 3. The third kappa shape index (κ3) is 3.94. The SMILES string of the molecule is CCOC(=O)c1cc(C(=O)c2ccc(OC)cc2)n2c3cc(C)c(C)cc3n(Cc3ccccc3)c12. The van der Waals surface area contributed by atoms with Crippen LogP contribution in [0.1, 0.15) is 50.0 Å². The Labute approximate surface area is 209 Å². The second-order valence-electron chi connectivity index (χ2n) is 8.88. The van der Waals surface area contributed by atoms with Gasteiger partial charge in [0.15, 0.2) is 0 Å². The highest BCUT2D eigenvalue weighted by atomic mass is 16.5. The Hall–Kier alpha value is -4.32. The van der Waals surface area contributed by atoms with Crippen LogP contribution in [-0.2, 0) is 11.3 Å². The number of aromatic nitrogens is 2. The fourth-order valence-electron chi connectivity index (χ4n) is 4.65. The summed E-state index contributed by atoms with van der Waals surface area (Å²) in [6, 6.07) is 22.9. The first-order valence-electron chi connectivity index (χ1n) is 12.0. The number of ether oxygens (including phenoxy) is 2. The maximum Gasteiger partial charge on any atom is 0.341 e. The second-order valence-corrected chi connectivity index (χ2v) is 8.88. The molecule has 6 heteroatoms. The average Bonchev–Trinajstić information content (AvgIpc) is 3.42. The molecule has 0 N–H and O–H groups in total. The second kappa shape index (κ2) is 9.38. The summed E-state index contributed by atoms with van der Waals surface area (Å²) < 4.78 is 14.7. The van der Waals surface area contributed by atoms with Gasteiger partial charge in [0, 0.05) is 12.1 Å². The normalized spacial score (nSPS) is 11.2. The summed E-state index contributed by atoms with van der Waals surface area (Å²) in [4.78, 5) is 26.9. The molecule has 0 atom stereocenters. The van der Waals surface area contributed by atoms with E-state index in [1.165, 1.54) is 0 Å². The minimum Gasteiger partial charge on any atom is -0.497 e. The van der Waals surface area contributed by atoms with Gasteiger partial charge in [0.05, 0.1) is 30.4 Å². The molecule has 6 nitrogen and oxygen atoms in total. The fourth-order valence-corrected chi connectivity index (χ4v) is 4.65. The summed E-state index contributed by atoms with van der Waals surface area (Å²) in [6.45, 7) is 6.69. The van der Waals surface area contributed by atoms with Crippen molar-refractivity contribution in [2.45, 2.75) is 27.3 Å². The van der Waals surface area contributed by atoms with E-state index in [1.54, 1.807) is 44.4 Å². The van der Waals surface area contributed by atoms with E-state index in [0.717, 1.165) is 27.7 Å². The van der Waals surface area contributed by atoms with Crippen LogP contribution in [0.25, 0.3) is 16.7 Å². The monoisotopic (exact) mass is 480 g/mol. The average molecular weight is 481 g/mol. The highest BCUT2D eigenvalue weighted by Crippen LogP contribution is 2.32. The van der Waals surface area contributed by atoms with Crippen LogP contribution < -0.4 is 4.74 Å². The molecule has 0 saturated carbocycles. The predicted molar refractivity (Wildman–Crippen MR) is 140 cm³/mol. The maximum atomic E-state index is 13.8. The number of aryl methyl sites for hydroxylation is 2. The topological polar surface area (TPSA) is 61.9 Å². The van der Waals surface area contributed by atoms with Crippen LogP contribution in [0.15, 0.2) is 72.8 Å². The van der Waals surface area contributed by atoms with Crippen LogP contribution in [-0.4, -0.2) is 34.4 Å². The van der Waals surface area contributed by atoms with Crippen LogP contribution in [0.2, 0.25) is 0 Å². The smallest absolute Gasteiger partial charge is 0.341 e. The molecule has 2 aromatic heterocycles. The number of esters is 1. The van der Waals surface area contributed by atoms with E-state index in [4.69, 9.17) is 9.47 Å². The first-order valence-corrected chi connectivity index (χ1v) is 12.0. The van der Waals surface area contributed by atoms with Crippen molar-refractivity contribution < 1.29 is 19.1 Å². The summed E-state index contributed by atoms with van der Waals surface area (Å²) >= 11 is 0. The van der Waals surface area contributed by atoms with E-state index in [9.17, 15) is 9.59 Å². The van der Waals surface area contributed by atoms with Crippen molar-refractivity contribution in [2.24, 2.45) is 0 Å². The van der Waals surface area contributed by atoms with Crippen molar-refractivity contribution in [3.63, 3.8) is 0 Å². The molecule has 182 valence electrons. The molecule has 0 spiro atoms. The van der Waals surface area contributed by atoms with Gasteiger partial charge in [0.25, 0.3) is 0 Å². The zero-order valence-electron chi connectivity index (χ0n) is 20.9. The number of hydrogen-bond donors (Lipinski definition) is 0. The molecule has 0 aliphatic carbocycles. The van der Waals surface area contributed by atoms with Gasteiger partial charge in [-0.25, -0.2) is 4.79 Å². The number of nitrogens with zero attached hydrogens (tertiary/aromatic N) is 2. The standard InChI is InChI=1S/C30H28N2O4/c1-5-36-30(34)24-17-27(28(33)22-11-13-23(35-4)14-12-22)32-26-16-20(3)19(2)15-25(26)31(29(24)32)18-21-9-7-6-8-10-21/h6-17H,5,18H2,1-4H3. The van der Waals surface area contributed by atoms with Gasteiger partial charge in [0.2, 0.25) is 5.78 Å². The van der Waals surface area contributed by atoms with Gasteiger partial charge in [-0.3, -0.25) is 9.20 Å². The highest BCUT2D eigenvalue weighted by molar-refractivity contribution is 6.12. The van der Waals surface area contributed by atoms with E-state index in [2.05, 4.69) is 42.7 Å². The summed E-state index contributed by atoms with van der Waals surface area (Å²) in [5, 5.41) is 0. The lowest BCUT2D eigenvalue weighted by atomic mass is 10.1. The Balaban J connectivity index is 1.83. The van der Waals surface area contributed by atoms with Crippen LogP contribution in [0.5, 0.6) is 5.75 Å². The van der Waals surface area contributed by atoms with E-state index < -0.39 is 5.97 Å². The molecular weight excluding hydrogens is 452 g/mol. The molecular formula is C30H28N2O4. The van der Waals surface area contributed by atoms with Gasteiger partial charge < -0.3 is 14.0 Å². The van der Waals surface area contributed by atoms with E-state index >= 15 is 0 Å². The first kappa shape index (κ1) is 23.4. The zero-order valence-corrected chi connectivity index (χ0v) is 20.9. The summed E-state index contributed by atoms with van der Waals surface area (Å²) in [7, 11) is 1.59. The number of carbonyl (C=O) groups excluding carboxylic acids is 2. The summed E-state index contributed by atoms with van der Waals surface area (Å²) in [6.07, 6.45) is 0. The lowest BCUT2D eigenvalue weighted by Crippen LogP contribution is -2.07. The van der Waals surface area contributed by atoms with E-state index in [0.29, 0.717) is 34.8 Å². The number of benzene rings is 3. The summed E-state index contributed by atoms with van der Waals surface area (Å²) in [5.41, 5.74) is 7.10. The van der Waals surface area contributed by atoms with Crippen molar-refractivity contribution >= 4 is 28.4 Å². The molecule has 0 radical (unpaired) electrons. The largest absolute Gasteiger partial charge is 0.497 e. The molecule has 2 heterocycles. The Morgan fingerprint density at radius 3 is 2.17 bits per heavy atom. The Kier molecular flexibility index (Phi) is 6.10. The predicted octanol–water partition coefficient (Wildman–Crippen LogP) is 5.98. The Bertz CT molecular complexity index is 1590. The molecule has 0 bridgehead atoms. The summed E-state index contributed by atoms with van der Waals surface area (Å²) in [5.74, 6) is 0.0409. The van der Waals surface area contributed by atoms with Crippen molar-refractivity contribution in [3.8, 4) is 5.75 Å². The van der Waals surface area contributed by atoms with Crippen molar-refractivity contribution in [3.05, 3.63) is 106 Å². The van der Waals surface area contributed by atoms with Gasteiger partial charge in [-0.2, -0.15) is 0 Å². The third-order valence-electron chi connectivity index (χ3n) is 6.62. The minimum absolute atomic E-state index is 0.180. The van der Waals surface area contributed by atoms with Crippen LogP contribution in [0.3, 0.4) is 0 Å². The molecule has 36 heavy (non-hydrogen) atoms. The van der Waals surface area contributed by atoms with Crippen molar-refractivity contribution in [2.75, 3.05) is 13.7 Å². The molecule has 0 aliphatic rings. The minimum atomic E-state index is -0.450. The Morgan fingerprint density at radius 1 is 0.861 bits per heavy atom. The zero-order chi connectivity index (χ0) is 25.4. The molecule has 3 aromatic carbocycles. The molecule has 5 rings (SSSR count). The van der Waals surface area contributed by atoms with Crippen LogP contribution in [0.4, 0.5) is 0 Å². The lowest BCUT2D eigenvalue weighted by Gasteiger charge is -2.09. The molecule has 0 fully saturated rings. The van der Waals surface area contributed by atoms with E-state index in [1.807, 2.05) is 22.6 Å². The van der Waals surface area contributed by atoms with Gasteiger partial charge in [-0.1, -0.05) is 30.3 Å². The maximum absolute atomic E-state index is 13.8. The highest BCUT2D eigenvalue weighted by Gasteiger charge is 2.27. The molecule has 5 aromatic rings. The van der Waals surface area contributed by atoms with Gasteiger partial charge in [-0.05, 0) is 79.9 Å². The van der Waals surface area contributed by atoms with Crippen molar-refractivity contribution in [1.82, 2.24) is 8.97 Å². The molecule has 0 unspecified atom stereocenters. The first-order chi connectivity index (χ1) is 17.4. The van der Waals surface area contributed by atoms with Crippen LogP contribution in [0, 0.1) is 13.8 Å². The lowest BCUT2D eigenvalue weighted by molar-refractivity contribution is 0.0528. The number of carbonyl (C=O) groups is 2. The van der Waals surface area contributed by atoms with E-state index in [-0.39, 0.29) is 12.4 Å². The van der Waals surface area contributed by atoms with Gasteiger partial charge in [0.1, 0.15) is 17.0 Å². The molecule has 0 amide bonds. The molecule has 0 aliphatic heterocycles. The van der Waals surface area contributed by atoms with Crippen molar-refractivity contribution in [1.29, 1.82) is 0 Å². The van der Waals surface area contributed by atoms with Gasteiger partial charge >= 0.3 is 5.97 Å². The number of methoxy groups -OCH3 is 1. The fraction of sp³-hybridized carbons (Fsp3) is 0.200. The number of ketones is 1. The molecule has 0 saturated heterocycles. The number of rotatable bonds is 7. The number of hydrogen-bond acceptors (Lipinski definition) is 4. The van der Waals surface area contributed by atoms with Gasteiger partial charge in [-0.15, -0.1) is 0 Å². The number of imidazole rings is 1. The van der Waals surface area contributed by atoms with Crippen LogP contribution >= 0.6 is 0 Å². The quantitative estimate of drug-likeness (QED) is 0.213. The third-order valence-corrected chi connectivity index (χ3v) is 6.62.